The molecule has 117 valence electrons. The lowest BCUT2D eigenvalue weighted by Gasteiger charge is -2.19. The van der Waals surface area contributed by atoms with Crippen molar-refractivity contribution >= 4 is 0 Å². The first-order valence-corrected chi connectivity index (χ1v) is 7.36. The summed E-state index contributed by atoms with van der Waals surface area (Å²) < 4.78 is 11.3. The van der Waals surface area contributed by atoms with Crippen molar-refractivity contribution in [1.29, 1.82) is 0 Å². The number of nitrogens with zero attached hydrogens (tertiary/aromatic N) is 3. The number of aryl methyl sites for hydroxylation is 1. The molecule has 0 aliphatic carbocycles. The molecule has 3 aromatic heterocycles. The second-order valence-corrected chi connectivity index (χ2v) is 6.33. The van der Waals surface area contributed by atoms with Gasteiger partial charge in [0.2, 0.25) is 0 Å². The van der Waals surface area contributed by atoms with E-state index in [1.807, 2.05) is 19.1 Å². The molecule has 0 aromatic carbocycles. The number of oxazole rings is 1. The van der Waals surface area contributed by atoms with E-state index in [0.29, 0.717) is 23.0 Å². The van der Waals surface area contributed by atoms with Gasteiger partial charge in [0, 0.05) is 12.3 Å². The topological polar surface area (TPSA) is 61.0 Å². The van der Waals surface area contributed by atoms with Crippen molar-refractivity contribution in [2.24, 2.45) is 0 Å². The van der Waals surface area contributed by atoms with Crippen LogP contribution < -0.4 is 4.74 Å². The fraction of sp³-hybridized carbons (Fsp3) is 0.278. The summed E-state index contributed by atoms with van der Waals surface area (Å²) in [5, 5.41) is 0. The summed E-state index contributed by atoms with van der Waals surface area (Å²) in [5.41, 5.74) is 2.42. The number of hydrogen-bond acceptors (Lipinski definition) is 5. The van der Waals surface area contributed by atoms with Gasteiger partial charge < -0.3 is 9.15 Å². The lowest BCUT2D eigenvalue weighted by Crippen LogP contribution is -2.12. The summed E-state index contributed by atoms with van der Waals surface area (Å²) in [6.07, 6.45) is 7.74. The Kier molecular flexibility index (Phi) is 3.86. The molecule has 3 heterocycles. The minimum absolute atomic E-state index is 0.0396. The summed E-state index contributed by atoms with van der Waals surface area (Å²) >= 11 is 0. The molecule has 1 radical (unpaired) electrons. The average Bonchev–Trinajstić information content (AvgIpc) is 3.03. The maximum Gasteiger partial charge on any atom is 0.181 e. The van der Waals surface area contributed by atoms with Crippen LogP contribution in [0.4, 0.5) is 0 Å². The summed E-state index contributed by atoms with van der Waals surface area (Å²) in [6.45, 7) is 8.26. The molecule has 5 heteroatoms. The monoisotopic (exact) mass is 308 g/mol. The molecule has 0 amide bonds. The molecule has 5 nitrogen and oxygen atoms in total. The van der Waals surface area contributed by atoms with Crippen molar-refractivity contribution in [3.8, 4) is 23.0 Å². The van der Waals surface area contributed by atoms with Gasteiger partial charge in [-0.15, -0.1) is 0 Å². The molecule has 0 atom stereocenters. The number of aromatic nitrogens is 3. The summed E-state index contributed by atoms with van der Waals surface area (Å²) in [7, 11) is 0. The average molecular weight is 308 g/mol. The van der Waals surface area contributed by atoms with Crippen LogP contribution in [0.25, 0.3) is 11.5 Å². The van der Waals surface area contributed by atoms with Crippen LogP contribution in [0, 0.1) is 13.1 Å². The highest BCUT2D eigenvalue weighted by molar-refractivity contribution is 5.53. The Labute approximate surface area is 135 Å². The molecule has 0 N–H and O–H groups in total. The lowest BCUT2D eigenvalue weighted by atomic mass is 9.88. The molecule has 0 bridgehead atoms. The minimum atomic E-state index is -0.0396. The van der Waals surface area contributed by atoms with Crippen molar-refractivity contribution in [2.45, 2.75) is 33.1 Å². The van der Waals surface area contributed by atoms with Gasteiger partial charge in [-0.2, -0.15) is 0 Å². The van der Waals surface area contributed by atoms with Crippen molar-refractivity contribution in [1.82, 2.24) is 15.0 Å². The van der Waals surface area contributed by atoms with Crippen LogP contribution in [0.3, 0.4) is 0 Å². The molecule has 3 rings (SSSR count). The highest BCUT2D eigenvalue weighted by Gasteiger charge is 2.17. The first kappa shape index (κ1) is 15.2. The van der Waals surface area contributed by atoms with E-state index in [1.165, 1.54) is 6.39 Å². The summed E-state index contributed by atoms with van der Waals surface area (Å²) in [4.78, 5) is 12.5. The van der Waals surface area contributed by atoms with Gasteiger partial charge in [-0.05, 0) is 30.0 Å². The summed E-state index contributed by atoms with van der Waals surface area (Å²) in [6, 6.07) is 5.59. The minimum Gasteiger partial charge on any atom is -0.455 e. The van der Waals surface area contributed by atoms with Crippen molar-refractivity contribution in [3.05, 3.63) is 54.4 Å². The SMILES string of the molecule is Cc1n[c]c(C(C)(C)C)cc1Oc1ccnc(-c2cnco2)c1. The first-order valence-electron chi connectivity index (χ1n) is 7.36. The number of rotatable bonds is 3. The van der Waals surface area contributed by atoms with E-state index in [2.05, 4.69) is 41.9 Å². The van der Waals surface area contributed by atoms with Crippen LogP contribution >= 0.6 is 0 Å². The Morgan fingerprint density at radius 3 is 2.74 bits per heavy atom. The van der Waals surface area contributed by atoms with Gasteiger partial charge in [-0.25, -0.2) is 9.97 Å². The third-order valence-electron chi connectivity index (χ3n) is 3.43. The second kappa shape index (κ2) is 5.83. The third kappa shape index (κ3) is 3.39. The van der Waals surface area contributed by atoms with Crippen molar-refractivity contribution < 1.29 is 9.15 Å². The lowest BCUT2D eigenvalue weighted by molar-refractivity contribution is 0.469. The predicted molar refractivity (Wildman–Crippen MR) is 86.3 cm³/mol. The Bertz CT molecular complexity index is 805. The Balaban J connectivity index is 1.92. The van der Waals surface area contributed by atoms with E-state index in [1.54, 1.807) is 18.5 Å². The molecular formula is C18H18N3O2. The molecule has 3 aromatic rings. The van der Waals surface area contributed by atoms with Crippen LogP contribution in [0.5, 0.6) is 11.5 Å². The molecule has 0 aliphatic heterocycles. The fourth-order valence-electron chi connectivity index (χ4n) is 2.03. The zero-order valence-corrected chi connectivity index (χ0v) is 13.6. The van der Waals surface area contributed by atoms with Gasteiger partial charge in [0.1, 0.15) is 17.2 Å². The van der Waals surface area contributed by atoms with Crippen LogP contribution in [-0.2, 0) is 5.41 Å². The fourth-order valence-corrected chi connectivity index (χ4v) is 2.03. The molecule has 0 fully saturated rings. The second-order valence-electron chi connectivity index (χ2n) is 6.33. The van der Waals surface area contributed by atoms with Crippen LogP contribution in [0.2, 0.25) is 0 Å². The Morgan fingerprint density at radius 2 is 2.04 bits per heavy atom. The standard InChI is InChI=1S/C18H18N3O2/c1-12-16(7-13(9-21-12)18(2,3)4)23-14-5-6-20-15(8-14)17-10-19-11-22-17/h5-8,10-11H,1-4H3. The third-order valence-corrected chi connectivity index (χ3v) is 3.43. The molecule has 0 saturated carbocycles. The highest BCUT2D eigenvalue weighted by atomic mass is 16.5. The van der Waals surface area contributed by atoms with E-state index < -0.39 is 0 Å². The predicted octanol–water partition coefficient (Wildman–Crippen LogP) is 4.33. The maximum atomic E-state index is 6.00. The van der Waals surface area contributed by atoms with E-state index in [-0.39, 0.29) is 5.41 Å². The Morgan fingerprint density at radius 1 is 1.22 bits per heavy atom. The normalized spacial score (nSPS) is 11.5. The van der Waals surface area contributed by atoms with Crippen molar-refractivity contribution in [3.63, 3.8) is 0 Å². The van der Waals surface area contributed by atoms with Crippen LogP contribution in [-0.4, -0.2) is 15.0 Å². The molecule has 0 saturated heterocycles. The molecule has 0 spiro atoms. The zero-order chi connectivity index (χ0) is 16.4. The molecule has 23 heavy (non-hydrogen) atoms. The smallest absolute Gasteiger partial charge is 0.181 e. The van der Waals surface area contributed by atoms with E-state index in [4.69, 9.17) is 9.15 Å². The van der Waals surface area contributed by atoms with Gasteiger partial charge in [0.25, 0.3) is 0 Å². The number of pyridine rings is 2. The molecular weight excluding hydrogens is 290 g/mol. The van der Waals surface area contributed by atoms with Gasteiger partial charge in [0.15, 0.2) is 12.2 Å². The van der Waals surface area contributed by atoms with Gasteiger partial charge in [0.05, 0.1) is 18.1 Å². The van der Waals surface area contributed by atoms with E-state index >= 15 is 0 Å². The van der Waals surface area contributed by atoms with Crippen molar-refractivity contribution in [2.75, 3.05) is 0 Å². The van der Waals surface area contributed by atoms with E-state index in [0.717, 1.165) is 11.3 Å². The molecule has 0 aliphatic rings. The quantitative estimate of drug-likeness (QED) is 0.720. The van der Waals surface area contributed by atoms with Gasteiger partial charge in [-0.1, -0.05) is 20.8 Å². The number of ether oxygens (including phenoxy) is 1. The van der Waals surface area contributed by atoms with Gasteiger partial charge >= 0.3 is 0 Å². The van der Waals surface area contributed by atoms with Crippen LogP contribution in [0.15, 0.2) is 41.4 Å². The first-order chi connectivity index (χ1) is 10.9. The summed E-state index contributed by atoms with van der Waals surface area (Å²) in [5.74, 6) is 1.98. The Hall–Kier alpha value is -2.69. The highest BCUT2D eigenvalue weighted by Crippen LogP contribution is 2.30. The number of hydrogen-bond donors (Lipinski definition) is 0. The maximum absolute atomic E-state index is 6.00. The van der Waals surface area contributed by atoms with Crippen LogP contribution in [0.1, 0.15) is 32.0 Å². The van der Waals surface area contributed by atoms with E-state index in [9.17, 15) is 0 Å². The van der Waals surface area contributed by atoms with Gasteiger partial charge in [-0.3, -0.25) is 4.98 Å². The largest absolute Gasteiger partial charge is 0.455 e. The molecule has 0 unspecified atom stereocenters. The zero-order valence-electron chi connectivity index (χ0n) is 13.6.